The fraction of sp³-hybridized carbons (Fsp3) is 0.300. The van der Waals surface area contributed by atoms with Gasteiger partial charge in [-0.1, -0.05) is 24.3 Å². The van der Waals surface area contributed by atoms with Gasteiger partial charge in [0.2, 0.25) is 0 Å². The summed E-state index contributed by atoms with van der Waals surface area (Å²) in [5.41, 5.74) is 6.17. The van der Waals surface area contributed by atoms with Gasteiger partial charge in [0.1, 0.15) is 0 Å². The van der Waals surface area contributed by atoms with Gasteiger partial charge in [-0.2, -0.15) is 0 Å². The molecule has 0 aliphatic rings. The van der Waals surface area contributed by atoms with Crippen LogP contribution >= 0.6 is 0 Å². The summed E-state index contributed by atoms with van der Waals surface area (Å²) in [6, 6.07) is 0. The minimum absolute atomic E-state index is 0.702. The van der Waals surface area contributed by atoms with E-state index in [-0.39, 0.29) is 0 Å². The van der Waals surface area contributed by atoms with Gasteiger partial charge in [0, 0.05) is 11.9 Å². The maximum atomic E-state index is 5.40. The molecule has 0 aliphatic carbocycles. The lowest BCUT2D eigenvalue weighted by molar-refractivity contribution is 1.25. The highest BCUT2D eigenvalue weighted by molar-refractivity contribution is 5.71. The Kier molecular flexibility index (Phi) is 6.94. The Morgan fingerprint density at radius 1 is 1.42 bits per heavy atom. The zero-order valence-electron chi connectivity index (χ0n) is 7.70. The van der Waals surface area contributed by atoms with Crippen LogP contribution in [-0.4, -0.2) is 12.8 Å². The largest absolute Gasteiger partial charge is 0.402 e. The van der Waals surface area contributed by atoms with Gasteiger partial charge in [0.15, 0.2) is 0 Å². The Labute approximate surface area is 74.2 Å². The smallest absolute Gasteiger partial charge is 0.0573 e. The van der Waals surface area contributed by atoms with E-state index in [0.717, 1.165) is 5.70 Å². The molecule has 12 heavy (non-hydrogen) atoms. The van der Waals surface area contributed by atoms with E-state index in [9.17, 15) is 0 Å². The lowest BCUT2D eigenvalue weighted by atomic mass is 10.4. The summed E-state index contributed by atoms with van der Waals surface area (Å²) in [6.07, 6.45) is 11.4. The van der Waals surface area contributed by atoms with Crippen LogP contribution in [0.2, 0.25) is 0 Å². The van der Waals surface area contributed by atoms with Crippen molar-refractivity contribution in [1.29, 1.82) is 0 Å². The van der Waals surface area contributed by atoms with E-state index in [4.69, 9.17) is 5.73 Å². The van der Waals surface area contributed by atoms with Gasteiger partial charge in [-0.25, -0.2) is 0 Å². The number of nitrogens with zero attached hydrogens (tertiary/aromatic N) is 1. The van der Waals surface area contributed by atoms with E-state index >= 15 is 0 Å². The van der Waals surface area contributed by atoms with Crippen molar-refractivity contribution in [3.8, 4) is 0 Å². The molecule has 0 fully saturated rings. The van der Waals surface area contributed by atoms with E-state index in [0.29, 0.717) is 6.54 Å². The number of rotatable bonds is 4. The quantitative estimate of drug-likeness (QED) is 0.501. The number of hydrogen-bond acceptors (Lipinski definition) is 2. The highest BCUT2D eigenvalue weighted by atomic mass is 14.7. The fourth-order valence-corrected chi connectivity index (χ4v) is 0.543. The Morgan fingerprint density at radius 3 is 2.75 bits per heavy atom. The molecule has 0 spiro atoms. The van der Waals surface area contributed by atoms with Crippen molar-refractivity contribution < 1.29 is 0 Å². The van der Waals surface area contributed by atoms with E-state index in [1.807, 2.05) is 38.2 Å². The van der Waals surface area contributed by atoms with E-state index in [1.165, 1.54) is 0 Å². The Hall–Kier alpha value is -1.31. The van der Waals surface area contributed by atoms with Crippen LogP contribution in [-0.2, 0) is 0 Å². The molecule has 0 radical (unpaired) electrons. The minimum Gasteiger partial charge on any atom is -0.402 e. The van der Waals surface area contributed by atoms with Gasteiger partial charge in [-0.15, -0.1) is 0 Å². The van der Waals surface area contributed by atoms with Gasteiger partial charge in [0.05, 0.1) is 6.54 Å². The molecule has 2 nitrogen and oxygen atoms in total. The second kappa shape index (κ2) is 7.79. The maximum Gasteiger partial charge on any atom is 0.0573 e. The molecular formula is C10H16N2. The minimum atomic E-state index is 0.702. The standard InChI is InChI=1S/C10H16N2/c1-3-4-5-6-8-12-9-7-10(2)11/h3-7,9H,8,11H2,1-2H3/b4-3-,6-5-,10-7?,12-9?. The normalized spacial score (nSPS) is 14.0. The summed E-state index contributed by atoms with van der Waals surface area (Å²) < 4.78 is 0. The van der Waals surface area contributed by atoms with E-state index in [2.05, 4.69) is 4.99 Å². The van der Waals surface area contributed by atoms with Crippen molar-refractivity contribution in [2.45, 2.75) is 13.8 Å². The van der Waals surface area contributed by atoms with E-state index < -0.39 is 0 Å². The monoisotopic (exact) mass is 164 g/mol. The Bertz CT molecular complexity index is 206. The zero-order chi connectivity index (χ0) is 9.23. The van der Waals surface area contributed by atoms with Crippen LogP contribution in [0.25, 0.3) is 0 Å². The fourth-order valence-electron chi connectivity index (χ4n) is 0.543. The molecular weight excluding hydrogens is 148 g/mol. The highest BCUT2D eigenvalue weighted by Crippen LogP contribution is 1.79. The third kappa shape index (κ3) is 8.69. The van der Waals surface area contributed by atoms with Crippen molar-refractivity contribution in [1.82, 2.24) is 0 Å². The molecule has 66 valence electrons. The molecule has 2 N–H and O–H groups in total. The Balaban J connectivity index is 3.55. The first-order valence-corrected chi connectivity index (χ1v) is 3.97. The van der Waals surface area contributed by atoms with Crippen molar-refractivity contribution in [3.05, 3.63) is 36.1 Å². The lowest BCUT2D eigenvalue weighted by Gasteiger charge is -1.83. The van der Waals surface area contributed by atoms with Gasteiger partial charge in [0.25, 0.3) is 0 Å². The highest BCUT2D eigenvalue weighted by Gasteiger charge is 1.71. The van der Waals surface area contributed by atoms with Crippen LogP contribution in [0.5, 0.6) is 0 Å². The first-order valence-electron chi connectivity index (χ1n) is 3.97. The molecule has 0 aromatic carbocycles. The number of hydrogen-bond donors (Lipinski definition) is 1. The van der Waals surface area contributed by atoms with Crippen LogP contribution in [0.3, 0.4) is 0 Å². The topological polar surface area (TPSA) is 38.4 Å². The van der Waals surface area contributed by atoms with Gasteiger partial charge >= 0.3 is 0 Å². The van der Waals surface area contributed by atoms with Gasteiger partial charge in [-0.05, 0) is 19.9 Å². The number of nitrogens with two attached hydrogens (primary N) is 1. The van der Waals surface area contributed by atoms with Crippen molar-refractivity contribution in [2.75, 3.05) is 6.54 Å². The van der Waals surface area contributed by atoms with Crippen molar-refractivity contribution in [3.63, 3.8) is 0 Å². The average Bonchev–Trinajstić information content (AvgIpc) is 2.02. The summed E-state index contributed by atoms with van der Waals surface area (Å²) in [5.74, 6) is 0. The first-order chi connectivity index (χ1) is 5.77. The zero-order valence-corrected chi connectivity index (χ0v) is 7.70. The third-order valence-electron chi connectivity index (χ3n) is 1.09. The average molecular weight is 164 g/mol. The number of allylic oxidation sites excluding steroid dienone is 5. The van der Waals surface area contributed by atoms with Gasteiger partial charge < -0.3 is 5.73 Å². The Morgan fingerprint density at radius 2 is 2.17 bits per heavy atom. The van der Waals surface area contributed by atoms with Crippen LogP contribution in [0.15, 0.2) is 41.1 Å². The molecule has 0 aromatic heterocycles. The van der Waals surface area contributed by atoms with E-state index in [1.54, 1.807) is 12.3 Å². The maximum absolute atomic E-state index is 5.40. The molecule has 0 amide bonds. The predicted molar refractivity (Wildman–Crippen MR) is 55.3 cm³/mol. The SMILES string of the molecule is C/C=C\C=C/CN=CC=C(C)N. The molecule has 0 atom stereocenters. The van der Waals surface area contributed by atoms with Crippen molar-refractivity contribution in [2.24, 2.45) is 10.7 Å². The molecule has 0 unspecified atom stereocenters. The second-order valence-corrected chi connectivity index (χ2v) is 2.38. The molecule has 0 aliphatic heterocycles. The molecule has 0 saturated heterocycles. The molecule has 0 heterocycles. The molecule has 2 heteroatoms. The summed E-state index contributed by atoms with van der Waals surface area (Å²) in [4.78, 5) is 4.08. The summed E-state index contributed by atoms with van der Waals surface area (Å²) in [6.45, 7) is 4.52. The summed E-state index contributed by atoms with van der Waals surface area (Å²) in [7, 11) is 0. The third-order valence-corrected chi connectivity index (χ3v) is 1.09. The number of aliphatic imine (C=N–C) groups is 1. The molecule has 0 rings (SSSR count). The molecule has 0 aromatic rings. The van der Waals surface area contributed by atoms with Crippen LogP contribution in [0.1, 0.15) is 13.8 Å². The van der Waals surface area contributed by atoms with Crippen LogP contribution in [0.4, 0.5) is 0 Å². The summed E-state index contributed by atoms with van der Waals surface area (Å²) in [5, 5.41) is 0. The van der Waals surface area contributed by atoms with Gasteiger partial charge in [-0.3, -0.25) is 4.99 Å². The second-order valence-electron chi connectivity index (χ2n) is 2.38. The predicted octanol–water partition coefficient (Wildman–Crippen LogP) is 2.05. The first kappa shape index (κ1) is 10.7. The summed E-state index contributed by atoms with van der Waals surface area (Å²) >= 11 is 0. The van der Waals surface area contributed by atoms with Crippen LogP contribution < -0.4 is 5.73 Å². The van der Waals surface area contributed by atoms with Crippen LogP contribution in [0, 0.1) is 0 Å². The molecule has 0 saturated carbocycles. The van der Waals surface area contributed by atoms with Crippen molar-refractivity contribution >= 4 is 6.21 Å². The molecule has 0 bridgehead atoms. The lowest BCUT2D eigenvalue weighted by Crippen LogP contribution is -1.89.